The summed E-state index contributed by atoms with van der Waals surface area (Å²) in [7, 11) is 0. The molecule has 7 heteroatoms. The Morgan fingerprint density at radius 2 is 2.14 bits per heavy atom. The normalized spacial score (nSPS) is 10.5. The Hall–Kier alpha value is -1.76. The van der Waals surface area contributed by atoms with E-state index in [0.717, 1.165) is 0 Å². The molecule has 0 amide bonds. The Balaban J connectivity index is 2.77. The fraction of sp³-hybridized carbons (Fsp3) is 0.500. The third-order valence-corrected chi connectivity index (χ3v) is 3.36. The predicted molar refractivity (Wildman–Crippen MR) is 81.7 cm³/mol. The van der Waals surface area contributed by atoms with E-state index in [1.165, 1.54) is 23.9 Å². The molecule has 1 rings (SSSR count). The molecule has 0 aliphatic heterocycles. The number of nitro groups is 1. The van der Waals surface area contributed by atoms with Crippen LogP contribution in [0.25, 0.3) is 0 Å². The summed E-state index contributed by atoms with van der Waals surface area (Å²) < 4.78 is 10.5. The summed E-state index contributed by atoms with van der Waals surface area (Å²) in [6.07, 6.45) is -0.0275. The maximum absolute atomic E-state index is 11.3. The van der Waals surface area contributed by atoms with Crippen LogP contribution < -0.4 is 4.74 Å². The molecule has 0 aliphatic carbocycles. The van der Waals surface area contributed by atoms with Crippen LogP contribution in [0, 0.1) is 10.1 Å². The number of thioether (sulfide) groups is 1. The molecule has 0 bridgehead atoms. The molecule has 0 atom stereocenters. The zero-order valence-electron chi connectivity index (χ0n) is 12.3. The van der Waals surface area contributed by atoms with E-state index in [9.17, 15) is 14.9 Å². The summed E-state index contributed by atoms with van der Waals surface area (Å²) in [6, 6.07) is 4.49. The van der Waals surface area contributed by atoms with Crippen molar-refractivity contribution in [3.63, 3.8) is 0 Å². The van der Waals surface area contributed by atoms with Crippen LogP contribution in [0.3, 0.4) is 0 Å². The molecule has 0 spiro atoms. The number of esters is 1. The molecule has 0 N–H and O–H groups in total. The molecule has 1 aromatic rings. The van der Waals surface area contributed by atoms with E-state index in [4.69, 9.17) is 9.47 Å². The number of non-ortho nitro benzene ring substituents is 1. The fourth-order valence-electron chi connectivity index (χ4n) is 1.61. The summed E-state index contributed by atoms with van der Waals surface area (Å²) in [5, 5.41) is 10.8. The topological polar surface area (TPSA) is 78.7 Å². The first kappa shape index (κ1) is 17.3. The van der Waals surface area contributed by atoms with E-state index in [2.05, 4.69) is 0 Å². The first-order valence-corrected chi connectivity index (χ1v) is 7.76. The van der Waals surface area contributed by atoms with Crippen molar-refractivity contribution >= 4 is 23.4 Å². The Morgan fingerprint density at radius 3 is 2.71 bits per heavy atom. The van der Waals surface area contributed by atoms with Gasteiger partial charge in [-0.05, 0) is 26.8 Å². The van der Waals surface area contributed by atoms with Crippen LogP contribution >= 0.6 is 11.8 Å². The van der Waals surface area contributed by atoms with E-state index in [1.807, 2.05) is 13.8 Å². The Kier molecular flexibility index (Phi) is 7.01. The molecule has 0 saturated heterocycles. The van der Waals surface area contributed by atoms with Crippen molar-refractivity contribution in [2.24, 2.45) is 0 Å². The third kappa shape index (κ3) is 6.03. The van der Waals surface area contributed by atoms with E-state index >= 15 is 0 Å². The minimum absolute atomic E-state index is 0.0119. The number of nitro benzene ring substituents is 1. The van der Waals surface area contributed by atoms with Gasteiger partial charge in [0.2, 0.25) is 0 Å². The van der Waals surface area contributed by atoms with Gasteiger partial charge in [0, 0.05) is 23.4 Å². The number of hydrogen-bond donors (Lipinski definition) is 0. The summed E-state index contributed by atoms with van der Waals surface area (Å²) >= 11 is 1.34. The minimum Gasteiger partial charge on any atom is -0.491 e. The molecule has 6 nitrogen and oxygen atoms in total. The Labute approximate surface area is 128 Å². The average Bonchev–Trinajstić information content (AvgIpc) is 2.40. The fourth-order valence-corrected chi connectivity index (χ4v) is 2.41. The lowest BCUT2D eigenvalue weighted by Gasteiger charge is -2.14. The summed E-state index contributed by atoms with van der Waals surface area (Å²) in [5.74, 6) is 0.964. The van der Waals surface area contributed by atoms with Gasteiger partial charge < -0.3 is 9.47 Å². The van der Waals surface area contributed by atoms with Crippen molar-refractivity contribution in [3.8, 4) is 5.75 Å². The quantitative estimate of drug-likeness (QED) is 0.416. The lowest BCUT2D eigenvalue weighted by molar-refractivity contribution is -0.384. The van der Waals surface area contributed by atoms with Gasteiger partial charge in [0.25, 0.3) is 5.69 Å². The number of carbonyl (C=O) groups is 1. The number of ether oxygens (including phenoxy) is 2. The van der Waals surface area contributed by atoms with Crippen LogP contribution in [-0.4, -0.2) is 29.4 Å². The number of hydrogen-bond acceptors (Lipinski definition) is 6. The largest absolute Gasteiger partial charge is 0.491 e. The van der Waals surface area contributed by atoms with Gasteiger partial charge in [0.05, 0.1) is 23.4 Å². The second-order valence-corrected chi connectivity index (χ2v) is 5.50. The molecule has 0 saturated carbocycles. The first-order valence-electron chi connectivity index (χ1n) is 6.61. The van der Waals surface area contributed by atoms with E-state index in [1.54, 1.807) is 13.0 Å². The highest BCUT2D eigenvalue weighted by atomic mass is 32.2. The Bertz CT molecular complexity index is 504. The molecule has 116 valence electrons. The van der Waals surface area contributed by atoms with Crippen LogP contribution in [-0.2, 0) is 15.3 Å². The maximum Gasteiger partial charge on any atom is 0.315 e. The molecule has 0 fully saturated rings. The lowest BCUT2D eigenvalue weighted by Crippen LogP contribution is -2.09. The number of nitrogens with zero attached hydrogens (tertiary/aromatic N) is 1. The van der Waals surface area contributed by atoms with Gasteiger partial charge in [0.1, 0.15) is 5.75 Å². The lowest BCUT2D eigenvalue weighted by atomic mass is 10.2. The van der Waals surface area contributed by atoms with Gasteiger partial charge in [0.15, 0.2) is 0 Å². The van der Waals surface area contributed by atoms with Gasteiger partial charge >= 0.3 is 5.97 Å². The van der Waals surface area contributed by atoms with Crippen LogP contribution in [0.4, 0.5) is 5.69 Å². The van der Waals surface area contributed by atoms with Crippen LogP contribution in [0.5, 0.6) is 5.75 Å². The zero-order valence-corrected chi connectivity index (χ0v) is 13.1. The highest BCUT2D eigenvalue weighted by molar-refractivity contribution is 7.99. The minimum atomic E-state index is -0.446. The van der Waals surface area contributed by atoms with Crippen molar-refractivity contribution < 1.29 is 19.2 Å². The highest BCUT2D eigenvalue weighted by Crippen LogP contribution is 2.28. The predicted octanol–water partition coefficient (Wildman–Crippen LogP) is 3.18. The van der Waals surface area contributed by atoms with Crippen molar-refractivity contribution in [2.75, 3.05) is 12.4 Å². The number of rotatable bonds is 8. The van der Waals surface area contributed by atoms with Crippen LogP contribution in [0.2, 0.25) is 0 Å². The molecule has 21 heavy (non-hydrogen) atoms. The second kappa shape index (κ2) is 8.51. The van der Waals surface area contributed by atoms with Gasteiger partial charge in [-0.15, -0.1) is 11.8 Å². The number of benzene rings is 1. The molecule has 0 heterocycles. The highest BCUT2D eigenvalue weighted by Gasteiger charge is 2.13. The standard InChI is InChI=1S/C14H19NO5S/c1-4-19-14(16)9-21-8-11-7-12(15(17)18)5-6-13(11)20-10(2)3/h5-7,10H,4,8-9H2,1-3H3. The van der Waals surface area contributed by atoms with E-state index in [-0.39, 0.29) is 23.5 Å². The third-order valence-electron chi connectivity index (χ3n) is 2.40. The van der Waals surface area contributed by atoms with Crippen LogP contribution in [0.15, 0.2) is 18.2 Å². The first-order chi connectivity index (χ1) is 9.93. The molecular weight excluding hydrogens is 294 g/mol. The van der Waals surface area contributed by atoms with Gasteiger partial charge in [-0.2, -0.15) is 0 Å². The molecule has 1 aromatic carbocycles. The van der Waals surface area contributed by atoms with Crippen molar-refractivity contribution in [1.29, 1.82) is 0 Å². The van der Waals surface area contributed by atoms with Gasteiger partial charge in [-0.1, -0.05) is 0 Å². The van der Waals surface area contributed by atoms with E-state index < -0.39 is 4.92 Å². The van der Waals surface area contributed by atoms with Gasteiger partial charge in [-0.25, -0.2) is 0 Å². The molecule has 0 aromatic heterocycles. The SMILES string of the molecule is CCOC(=O)CSCc1cc([N+](=O)[O-])ccc1OC(C)C. The monoisotopic (exact) mass is 313 g/mol. The average molecular weight is 313 g/mol. The van der Waals surface area contributed by atoms with Crippen molar-refractivity contribution in [2.45, 2.75) is 32.6 Å². The van der Waals surface area contributed by atoms with Gasteiger partial charge in [-0.3, -0.25) is 14.9 Å². The summed E-state index contributed by atoms with van der Waals surface area (Å²) in [6.45, 7) is 5.86. The molecule has 0 unspecified atom stereocenters. The molecule has 0 aliphatic rings. The Morgan fingerprint density at radius 1 is 1.43 bits per heavy atom. The summed E-state index contributed by atoms with van der Waals surface area (Å²) in [5.41, 5.74) is 0.713. The molecular formula is C14H19NO5S. The van der Waals surface area contributed by atoms with Crippen molar-refractivity contribution in [3.05, 3.63) is 33.9 Å². The smallest absolute Gasteiger partial charge is 0.315 e. The second-order valence-electron chi connectivity index (χ2n) is 4.51. The van der Waals surface area contributed by atoms with Crippen LogP contribution in [0.1, 0.15) is 26.3 Å². The van der Waals surface area contributed by atoms with Crippen molar-refractivity contribution in [1.82, 2.24) is 0 Å². The summed E-state index contributed by atoms with van der Waals surface area (Å²) in [4.78, 5) is 21.7. The maximum atomic E-state index is 11.3. The number of carbonyl (C=O) groups excluding carboxylic acids is 1. The zero-order chi connectivity index (χ0) is 15.8. The molecule has 0 radical (unpaired) electrons. The van der Waals surface area contributed by atoms with E-state index in [0.29, 0.717) is 23.7 Å².